The minimum Gasteiger partial charge on any atom is -0.508 e. The molecule has 2 rings (SSSR count). The van der Waals surface area contributed by atoms with Crippen LogP contribution in [0.15, 0.2) is 35.2 Å². The first-order valence-electron chi connectivity index (χ1n) is 4.38. The highest BCUT2D eigenvalue weighted by molar-refractivity contribution is 7.86. The first kappa shape index (κ1) is 10.7. The molecule has 0 aliphatic carbocycles. The molecule has 0 spiro atoms. The van der Waals surface area contributed by atoms with Gasteiger partial charge >= 0.3 is 0 Å². The number of hydrogen-bond donors (Lipinski definition) is 3. The molecule has 0 saturated heterocycles. The van der Waals surface area contributed by atoms with Gasteiger partial charge in [0, 0.05) is 17.1 Å². The summed E-state index contributed by atoms with van der Waals surface area (Å²) >= 11 is 0. The van der Waals surface area contributed by atoms with Crippen molar-refractivity contribution in [3.8, 4) is 5.75 Å². The molecular weight excluding hydrogens is 230 g/mol. The van der Waals surface area contributed by atoms with Gasteiger partial charge in [-0.1, -0.05) is 6.07 Å². The summed E-state index contributed by atoms with van der Waals surface area (Å²) in [6.45, 7) is 0. The second-order valence-electron chi connectivity index (χ2n) is 3.40. The molecular formula is C10H9NO4S. The summed E-state index contributed by atoms with van der Waals surface area (Å²) in [6, 6.07) is 6.89. The van der Waals surface area contributed by atoms with E-state index in [1.165, 1.54) is 24.3 Å². The number of aromatic hydroxyl groups is 1. The Kier molecular flexibility index (Phi) is 2.25. The SMILES string of the molecule is Nc1ccc2c(S(=O)(=O)O)cc(O)cc2c1. The molecule has 0 aliphatic heterocycles. The van der Waals surface area contributed by atoms with E-state index >= 15 is 0 Å². The zero-order valence-electron chi connectivity index (χ0n) is 8.08. The molecule has 0 radical (unpaired) electrons. The van der Waals surface area contributed by atoms with E-state index in [2.05, 4.69) is 0 Å². The Morgan fingerprint density at radius 3 is 2.44 bits per heavy atom. The van der Waals surface area contributed by atoms with E-state index in [4.69, 9.17) is 10.3 Å². The second-order valence-corrected chi connectivity index (χ2v) is 4.79. The predicted octanol–water partition coefficient (Wildman–Crippen LogP) is 1.37. The normalized spacial score (nSPS) is 11.8. The van der Waals surface area contributed by atoms with E-state index in [1.807, 2.05) is 0 Å². The Morgan fingerprint density at radius 2 is 1.81 bits per heavy atom. The Hall–Kier alpha value is -1.79. The number of hydrogen-bond acceptors (Lipinski definition) is 4. The number of nitrogens with two attached hydrogens (primary N) is 1. The number of anilines is 1. The van der Waals surface area contributed by atoms with Crippen LogP contribution in [-0.2, 0) is 10.1 Å². The molecule has 0 aromatic heterocycles. The first-order chi connectivity index (χ1) is 7.38. The fraction of sp³-hybridized carbons (Fsp3) is 0. The summed E-state index contributed by atoms with van der Waals surface area (Å²) in [4.78, 5) is -0.331. The lowest BCUT2D eigenvalue weighted by molar-refractivity contribution is 0.468. The van der Waals surface area contributed by atoms with Gasteiger partial charge in [-0.25, -0.2) is 0 Å². The number of phenolic OH excluding ortho intramolecular Hbond substituents is 1. The lowest BCUT2D eigenvalue weighted by Crippen LogP contribution is -1.99. The highest BCUT2D eigenvalue weighted by Crippen LogP contribution is 2.29. The lowest BCUT2D eigenvalue weighted by atomic mass is 10.1. The van der Waals surface area contributed by atoms with E-state index in [0.29, 0.717) is 16.5 Å². The lowest BCUT2D eigenvalue weighted by Gasteiger charge is -2.05. The van der Waals surface area contributed by atoms with Crippen LogP contribution in [0.2, 0.25) is 0 Å². The van der Waals surface area contributed by atoms with Gasteiger partial charge in [0.1, 0.15) is 10.6 Å². The fourth-order valence-corrected chi connectivity index (χ4v) is 2.28. The Morgan fingerprint density at radius 1 is 1.12 bits per heavy atom. The summed E-state index contributed by atoms with van der Waals surface area (Å²) in [7, 11) is -4.37. The third-order valence-corrected chi connectivity index (χ3v) is 3.09. The van der Waals surface area contributed by atoms with E-state index in [1.54, 1.807) is 0 Å². The van der Waals surface area contributed by atoms with Crippen molar-refractivity contribution in [2.45, 2.75) is 4.90 Å². The van der Waals surface area contributed by atoms with Gasteiger partial charge in [0.15, 0.2) is 0 Å². The number of benzene rings is 2. The fourth-order valence-electron chi connectivity index (χ4n) is 1.55. The molecule has 4 N–H and O–H groups in total. The molecule has 6 heteroatoms. The van der Waals surface area contributed by atoms with E-state index < -0.39 is 10.1 Å². The summed E-state index contributed by atoms with van der Waals surface area (Å²) in [5.41, 5.74) is 5.98. The van der Waals surface area contributed by atoms with Crippen LogP contribution in [0.4, 0.5) is 5.69 Å². The maximum atomic E-state index is 11.1. The van der Waals surface area contributed by atoms with Gasteiger partial charge in [0.2, 0.25) is 0 Å². The molecule has 84 valence electrons. The smallest absolute Gasteiger partial charge is 0.295 e. The van der Waals surface area contributed by atoms with Crippen LogP contribution in [0, 0.1) is 0 Å². The van der Waals surface area contributed by atoms with Gasteiger partial charge in [-0.2, -0.15) is 8.42 Å². The average Bonchev–Trinajstić information content (AvgIpc) is 2.14. The van der Waals surface area contributed by atoms with Gasteiger partial charge in [-0.05, 0) is 23.6 Å². The standard InChI is InChI=1S/C10H9NO4S/c11-7-1-2-9-6(3-7)4-8(12)5-10(9)16(13,14)15/h1-5,12H,11H2,(H,13,14,15). The molecule has 0 fully saturated rings. The molecule has 2 aromatic carbocycles. The topological polar surface area (TPSA) is 101 Å². The van der Waals surface area contributed by atoms with E-state index in [9.17, 15) is 13.5 Å². The minimum atomic E-state index is -4.37. The van der Waals surface area contributed by atoms with Crippen LogP contribution in [0.3, 0.4) is 0 Å². The third kappa shape index (κ3) is 1.80. The number of phenols is 1. The number of fused-ring (bicyclic) bond motifs is 1. The zero-order valence-corrected chi connectivity index (χ0v) is 8.90. The maximum Gasteiger partial charge on any atom is 0.295 e. The van der Waals surface area contributed by atoms with Gasteiger partial charge < -0.3 is 10.8 Å². The van der Waals surface area contributed by atoms with E-state index in [-0.39, 0.29) is 10.6 Å². The van der Waals surface area contributed by atoms with Crippen molar-refractivity contribution in [3.63, 3.8) is 0 Å². The van der Waals surface area contributed by atoms with Crippen molar-refractivity contribution in [1.29, 1.82) is 0 Å². The van der Waals surface area contributed by atoms with Crippen molar-refractivity contribution in [2.24, 2.45) is 0 Å². The van der Waals surface area contributed by atoms with Crippen LogP contribution in [0.5, 0.6) is 5.75 Å². The van der Waals surface area contributed by atoms with Gasteiger partial charge in [-0.15, -0.1) is 0 Å². The Bertz CT molecular complexity index is 659. The molecule has 16 heavy (non-hydrogen) atoms. The van der Waals surface area contributed by atoms with Crippen LogP contribution in [-0.4, -0.2) is 18.1 Å². The minimum absolute atomic E-state index is 0.245. The van der Waals surface area contributed by atoms with Crippen LogP contribution in [0.1, 0.15) is 0 Å². The predicted molar refractivity (Wildman–Crippen MR) is 59.8 cm³/mol. The van der Waals surface area contributed by atoms with Gasteiger partial charge in [0.05, 0.1) is 0 Å². The van der Waals surface area contributed by atoms with Gasteiger partial charge in [-0.3, -0.25) is 4.55 Å². The molecule has 0 atom stereocenters. The number of rotatable bonds is 1. The maximum absolute atomic E-state index is 11.1. The summed E-state index contributed by atoms with van der Waals surface area (Å²) in [6.07, 6.45) is 0. The highest BCUT2D eigenvalue weighted by Gasteiger charge is 2.15. The molecule has 0 bridgehead atoms. The molecule has 5 nitrogen and oxygen atoms in total. The van der Waals surface area contributed by atoms with Crippen molar-refractivity contribution in [3.05, 3.63) is 30.3 Å². The highest BCUT2D eigenvalue weighted by atomic mass is 32.2. The Balaban J connectivity index is 2.94. The van der Waals surface area contributed by atoms with E-state index in [0.717, 1.165) is 6.07 Å². The van der Waals surface area contributed by atoms with Crippen molar-refractivity contribution in [2.75, 3.05) is 5.73 Å². The molecule has 0 heterocycles. The third-order valence-electron chi connectivity index (χ3n) is 2.20. The van der Waals surface area contributed by atoms with Crippen LogP contribution >= 0.6 is 0 Å². The van der Waals surface area contributed by atoms with Crippen molar-refractivity contribution in [1.82, 2.24) is 0 Å². The number of nitrogen functional groups attached to an aromatic ring is 1. The zero-order chi connectivity index (χ0) is 11.9. The van der Waals surface area contributed by atoms with Crippen molar-refractivity contribution >= 4 is 26.6 Å². The largest absolute Gasteiger partial charge is 0.508 e. The average molecular weight is 239 g/mol. The summed E-state index contributed by atoms with van der Waals surface area (Å²) < 4.78 is 31.2. The monoisotopic (exact) mass is 239 g/mol. The molecule has 0 saturated carbocycles. The molecule has 2 aromatic rings. The Labute approximate surface area is 91.9 Å². The van der Waals surface area contributed by atoms with Gasteiger partial charge in [0.25, 0.3) is 10.1 Å². The molecule has 0 unspecified atom stereocenters. The summed E-state index contributed by atoms with van der Waals surface area (Å²) in [5.74, 6) is -0.245. The quantitative estimate of drug-likeness (QED) is 0.515. The molecule has 0 aliphatic rings. The van der Waals surface area contributed by atoms with Crippen molar-refractivity contribution < 1.29 is 18.1 Å². The second kappa shape index (κ2) is 3.36. The summed E-state index contributed by atoms with van der Waals surface area (Å²) in [5, 5.41) is 10.1. The van der Waals surface area contributed by atoms with Crippen LogP contribution in [0.25, 0.3) is 10.8 Å². The van der Waals surface area contributed by atoms with Crippen LogP contribution < -0.4 is 5.73 Å². The first-order valence-corrected chi connectivity index (χ1v) is 5.82. The molecule has 0 amide bonds.